The van der Waals surface area contributed by atoms with Crippen LogP contribution in [0.5, 0.6) is 11.5 Å². The Balaban J connectivity index is 2.93. The van der Waals surface area contributed by atoms with Crippen molar-refractivity contribution < 1.29 is 14.6 Å². The highest BCUT2D eigenvalue weighted by Crippen LogP contribution is 2.26. The Morgan fingerprint density at radius 1 is 1.50 bits per heavy atom. The third-order valence-electron chi connectivity index (χ3n) is 1.90. The van der Waals surface area contributed by atoms with E-state index in [-0.39, 0.29) is 11.5 Å². The number of rotatable bonds is 4. The molecule has 0 saturated heterocycles. The summed E-state index contributed by atoms with van der Waals surface area (Å²) in [6, 6.07) is 4.52. The van der Waals surface area contributed by atoms with Gasteiger partial charge in [0, 0.05) is 11.6 Å². The van der Waals surface area contributed by atoms with Crippen LogP contribution in [0.1, 0.15) is 5.56 Å². The molecule has 0 radical (unpaired) electrons. The van der Waals surface area contributed by atoms with E-state index in [4.69, 9.17) is 15.9 Å². The van der Waals surface area contributed by atoms with E-state index >= 15 is 0 Å². The Bertz CT molecular complexity index is 453. The summed E-state index contributed by atoms with van der Waals surface area (Å²) >= 11 is 0. The molecule has 0 spiro atoms. The summed E-state index contributed by atoms with van der Waals surface area (Å²) in [5, 5.41) is 17.1. The second-order valence-corrected chi connectivity index (χ2v) is 3.04. The molecule has 1 rings (SSSR count). The molecule has 16 heavy (non-hydrogen) atoms. The molecule has 0 bridgehead atoms. The molecule has 1 aromatic carbocycles. The number of allylic oxidation sites excluding steroid dienone is 1. The average Bonchev–Trinajstić information content (AvgIpc) is 2.25. The van der Waals surface area contributed by atoms with Gasteiger partial charge in [0.15, 0.2) is 11.5 Å². The van der Waals surface area contributed by atoms with Crippen LogP contribution in [0, 0.1) is 5.41 Å². The Morgan fingerprint density at radius 3 is 2.69 bits per heavy atom. The predicted molar refractivity (Wildman–Crippen MR) is 59.8 cm³/mol. The summed E-state index contributed by atoms with van der Waals surface area (Å²) in [7, 11) is 1.44. The predicted octanol–water partition coefficient (Wildman–Crippen LogP) is 0.810. The number of benzene rings is 1. The lowest BCUT2D eigenvalue weighted by Crippen LogP contribution is -2.07. The zero-order chi connectivity index (χ0) is 12.1. The number of primary amides is 1. The first-order valence-electron chi connectivity index (χ1n) is 4.48. The van der Waals surface area contributed by atoms with Crippen molar-refractivity contribution in [3.63, 3.8) is 0 Å². The van der Waals surface area contributed by atoms with Crippen molar-refractivity contribution in [3.8, 4) is 11.5 Å². The normalized spacial score (nSPS) is 10.3. The van der Waals surface area contributed by atoms with Gasteiger partial charge in [-0.2, -0.15) is 0 Å². The van der Waals surface area contributed by atoms with Crippen LogP contribution in [0.25, 0.3) is 0 Å². The van der Waals surface area contributed by atoms with Gasteiger partial charge in [-0.3, -0.25) is 4.79 Å². The summed E-state index contributed by atoms with van der Waals surface area (Å²) in [6.07, 6.45) is 2.35. The molecule has 0 aromatic heterocycles. The van der Waals surface area contributed by atoms with Crippen molar-refractivity contribution in [2.75, 3.05) is 7.11 Å². The standard InChI is InChI=1S/C11H12N2O3/c1-16-10-4-2-7(6-9(10)14)8(12)3-5-11(13)15/h2-6,12,14H,1H3,(H2,13,15)/b5-3-,12-8?. The van der Waals surface area contributed by atoms with Crippen LogP contribution in [0.2, 0.25) is 0 Å². The summed E-state index contributed by atoms with van der Waals surface area (Å²) in [4.78, 5) is 10.5. The number of phenols is 1. The van der Waals surface area contributed by atoms with Crippen LogP contribution >= 0.6 is 0 Å². The van der Waals surface area contributed by atoms with Gasteiger partial charge in [-0.25, -0.2) is 0 Å². The number of nitrogens with one attached hydrogen (secondary N) is 1. The lowest BCUT2D eigenvalue weighted by atomic mass is 10.1. The number of methoxy groups -OCH3 is 1. The van der Waals surface area contributed by atoms with E-state index in [0.717, 1.165) is 6.08 Å². The van der Waals surface area contributed by atoms with E-state index in [0.29, 0.717) is 11.3 Å². The van der Waals surface area contributed by atoms with Crippen LogP contribution in [-0.4, -0.2) is 23.8 Å². The van der Waals surface area contributed by atoms with Crippen molar-refractivity contribution >= 4 is 11.6 Å². The maximum absolute atomic E-state index is 10.5. The molecular weight excluding hydrogens is 208 g/mol. The first-order valence-corrected chi connectivity index (χ1v) is 4.48. The molecule has 0 atom stereocenters. The Kier molecular flexibility index (Phi) is 3.66. The summed E-state index contributed by atoms with van der Waals surface area (Å²) in [6.45, 7) is 0. The van der Waals surface area contributed by atoms with Crippen molar-refractivity contribution in [3.05, 3.63) is 35.9 Å². The maximum atomic E-state index is 10.5. The molecule has 0 fully saturated rings. The highest BCUT2D eigenvalue weighted by atomic mass is 16.5. The minimum Gasteiger partial charge on any atom is -0.504 e. The Labute approximate surface area is 92.7 Å². The van der Waals surface area contributed by atoms with E-state index in [9.17, 15) is 9.90 Å². The van der Waals surface area contributed by atoms with Gasteiger partial charge in [0.2, 0.25) is 5.91 Å². The first-order chi connectivity index (χ1) is 7.54. The van der Waals surface area contributed by atoms with Gasteiger partial charge >= 0.3 is 0 Å². The number of aromatic hydroxyl groups is 1. The highest BCUT2D eigenvalue weighted by Gasteiger charge is 2.04. The fourth-order valence-corrected chi connectivity index (χ4v) is 1.12. The minimum absolute atomic E-state index is 0.0581. The molecule has 1 aromatic rings. The molecule has 0 aliphatic heterocycles. The highest BCUT2D eigenvalue weighted by molar-refractivity contribution is 6.09. The Morgan fingerprint density at radius 2 is 2.19 bits per heavy atom. The second kappa shape index (κ2) is 4.97. The van der Waals surface area contributed by atoms with Crippen molar-refractivity contribution in [2.24, 2.45) is 5.73 Å². The van der Waals surface area contributed by atoms with E-state index < -0.39 is 5.91 Å². The van der Waals surface area contributed by atoms with E-state index in [1.165, 1.54) is 25.3 Å². The smallest absolute Gasteiger partial charge is 0.241 e. The van der Waals surface area contributed by atoms with Gasteiger partial charge in [-0.15, -0.1) is 0 Å². The summed E-state index contributed by atoms with van der Waals surface area (Å²) in [5.41, 5.74) is 5.45. The monoisotopic (exact) mass is 220 g/mol. The van der Waals surface area contributed by atoms with Crippen molar-refractivity contribution in [2.45, 2.75) is 0 Å². The summed E-state index contributed by atoms with van der Waals surface area (Å²) < 4.78 is 4.87. The molecule has 84 valence electrons. The van der Waals surface area contributed by atoms with Gasteiger partial charge in [-0.1, -0.05) is 0 Å². The third-order valence-corrected chi connectivity index (χ3v) is 1.90. The zero-order valence-corrected chi connectivity index (χ0v) is 8.73. The Hall–Kier alpha value is -2.30. The molecule has 0 unspecified atom stereocenters. The first kappa shape index (κ1) is 11.8. The molecule has 0 aliphatic rings. The van der Waals surface area contributed by atoms with Crippen LogP contribution in [0.4, 0.5) is 0 Å². The molecule has 4 N–H and O–H groups in total. The number of nitrogens with two attached hydrogens (primary N) is 1. The number of ether oxygens (including phenoxy) is 1. The van der Waals surface area contributed by atoms with Gasteiger partial charge in [0.1, 0.15) is 0 Å². The van der Waals surface area contributed by atoms with E-state index in [1.807, 2.05) is 0 Å². The lowest BCUT2D eigenvalue weighted by molar-refractivity contribution is -0.113. The van der Waals surface area contributed by atoms with Crippen LogP contribution in [-0.2, 0) is 4.79 Å². The van der Waals surface area contributed by atoms with Gasteiger partial charge < -0.3 is 21.0 Å². The molecular formula is C11H12N2O3. The van der Waals surface area contributed by atoms with Crippen LogP contribution in [0.15, 0.2) is 30.4 Å². The number of phenolic OH excluding ortho intramolecular Hbond substituents is 1. The minimum atomic E-state index is -0.623. The quantitative estimate of drug-likeness (QED) is 0.517. The number of amides is 1. The fraction of sp³-hybridized carbons (Fsp3) is 0.0909. The maximum Gasteiger partial charge on any atom is 0.241 e. The second-order valence-electron chi connectivity index (χ2n) is 3.04. The number of carbonyl (C=O) groups excluding carboxylic acids is 1. The fourth-order valence-electron chi connectivity index (χ4n) is 1.12. The molecule has 0 heterocycles. The van der Waals surface area contributed by atoms with E-state index in [1.54, 1.807) is 6.07 Å². The number of carbonyl (C=O) groups is 1. The van der Waals surface area contributed by atoms with Gasteiger partial charge in [0.25, 0.3) is 0 Å². The molecule has 5 nitrogen and oxygen atoms in total. The van der Waals surface area contributed by atoms with Crippen LogP contribution < -0.4 is 10.5 Å². The van der Waals surface area contributed by atoms with Crippen molar-refractivity contribution in [1.82, 2.24) is 0 Å². The molecule has 1 amide bonds. The van der Waals surface area contributed by atoms with Gasteiger partial charge in [-0.05, 0) is 24.3 Å². The largest absolute Gasteiger partial charge is 0.504 e. The number of hydrogen-bond donors (Lipinski definition) is 3. The zero-order valence-electron chi connectivity index (χ0n) is 8.73. The van der Waals surface area contributed by atoms with E-state index in [2.05, 4.69) is 0 Å². The molecule has 0 saturated carbocycles. The topological polar surface area (TPSA) is 96.4 Å². The van der Waals surface area contributed by atoms with Crippen molar-refractivity contribution in [1.29, 1.82) is 5.41 Å². The number of hydrogen-bond acceptors (Lipinski definition) is 4. The lowest BCUT2D eigenvalue weighted by Gasteiger charge is -2.04. The molecule has 0 aliphatic carbocycles. The van der Waals surface area contributed by atoms with Crippen LogP contribution in [0.3, 0.4) is 0 Å². The molecule has 5 heteroatoms. The average molecular weight is 220 g/mol. The SMILES string of the molecule is COc1ccc(C(=N)/C=C\C(N)=O)cc1O. The summed E-state index contributed by atoms with van der Waals surface area (Å²) in [5.74, 6) is -0.352. The third kappa shape index (κ3) is 2.84. The van der Waals surface area contributed by atoms with Gasteiger partial charge in [0.05, 0.1) is 12.8 Å².